The second-order valence-corrected chi connectivity index (χ2v) is 11.1. The summed E-state index contributed by atoms with van der Waals surface area (Å²) >= 11 is 6.23. The molecular weight excluding hydrogens is 478 g/mol. The summed E-state index contributed by atoms with van der Waals surface area (Å²) in [5.74, 6) is -1.52. The van der Waals surface area contributed by atoms with Crippen LogP contribution in [0.15, 0.2) is 59.8 Å². The second kappa shape index (κ2) is 8.11. The van der Waals surface area contributed by atoms with Crippen molar-refractivity contribution in [1.82, 2.24) is 0 Å². The highest BCUT2D eigenvalue weighted by atomic mass is 35.5. The standard InChI is InChI=1S/C24H22ClN3O5S/c1-14-11-12-27(31)13-19(14)28-22(29)20-17(25)9-10-18(21(20)23(28)30)26-34(32,33)16-7-5-15(6-8-16)24(2,3)4/h5-13,26H,1-4H3. The van der Waals surface area contributed by atoms with Crippen molar-refractivity contribution in [2.45, 2.75) is 38.0 Å². The Kier molecular flexibility index (Phi) is 5.65. The first kappa shape index (κ1) is 23.7. The molecule has 34 heavy (non-hydrogen) atoms. The monoisotopic (exact) mass is 499 g/mol. The third-order valence-corrected chi connectivity index (χ3v) is 7.33. The summed E-state index contributed by atoms with van der Waals surface area (Å²) in [6.45, 7) is 7.69. The summed E-state index contributed by atoms with van der Waals surface area (Å²) in [7, 11) is -4.08. The number of amides is 2. The fourth-order valence-corrected chi connectivity index (χ4v) is 5.05. The minimum Gasteiger partial charge on any atom is -0.619 e. The van der Waals surface area contributed by atoms with Crippen molar-refractivity contribution in [1.29, 1.82) is 0 Å². The van der Waals surface area contributed by atoms with Gasteiger partial charge in [-0.3, -0.25) is 14.3 Å². The number of carbonyl (C=O) groups excluding carboxylic acids is 2. The van der Waals surface area contributed by atoms with Crippen LogP contribution in [0.3, 0.4) is 0 Å². The minimum atomic E-state index is -4.08. The molecule has 0 radical (unpaired) electrons. The van der Waals surface area contributed by atoms with Crippen molar-refractivity contribution in [3.63, 3.8) is 0 Å². The van der Waals surface area contributed by atoms with Crippen LogP contribution < -0.4 is 14.4 Å². The highest BCUT2D eigenvalue weighted by Crippen LogP contribution is 2.38. The first-order valence-electron chi connectivity index (χ1n) is 10.4. The Bertz CT molecular complexity index is 1440. The van der Waals surface area contributed by atoms with E-state index in [9.17, 15) is 23.2 Å². The van der Waals surface area contributed by atoms with Gasteiger partial charge in [-0.1, -0.05) is 44.5 Å². The molecule has 0 aliphatic carbocycles. The second-order valence-electron chi connectivity index (χ2n) is 9.04. The van der Waals surface area contributed by atoms with Gasteiger partial charge in [0.25, 0.3) is 21.8 Å². The molecule has 0 fully saturated rings. The first-order valence-corrected chi connectivity index (χ1v) is 12.2. The van der Waals surface area contributed by atoms with E-state index in [1.165, 1.54) is 36.5 Å². The maximum Gasteiger partial charge on any atom is 0.268 e. The Labute approximate surface area is 202 Å². The number of nitrogens with zero attached hydrogens (tertiary/aromatic N) is 2. The van der Waals surface area contributed by atoms with Gasteiger partial charge in [-0.15, -0.1) is 0 Å². The number of rotatable bonds is 4. The molecule has 8 nitrogen and oxygen atoms in total. The zero-order valence-electron chi connectivity index (χ0n) is 18.9. The predicted molar refractivity (Wildman–Crippen MR) is 129 cm³/mol. The van der Waals surface area contributed by atoms with E-state index in [4.69, 9.17) is 11.6 Å². The lowest BCUT2D eigenvalue weighted by Gasteiger charge is -2.19. The van der Waals surface area contributed by atoms with Crippen LogP contribution in [-0.2, 0) is 15.4 Å². The third kappa shape index (κ3) is 4.01. The summed E-state index contributed by atoms with van der Waals surface area (Å²) in [4.78, 5) is 27.3. The average molecular weight is 500 g/mol. The van der Waals surface area contributed by atoms with Gasteiger partial charge in [0, 0.05) is 6.07 Å². The van der Waals surface area contributed by atoms with E-state index in [2.05, 4.69) is 4.72 Å². The lowest BCUT2D eigenvalue weighted by Crippen LogP contribution is -2.34. The fraction of sp³-hybridized carbons (Fsp3) is 0.208. The molecule has 3 aromatic rings. The maximum absolute atomic E-state index is 13.3. The van der Waals surface area contributed by atoms with Crippen LogP contribution in [0, 0.1) is 12.1 Å². The summed E-state index contributed by atoms with van der Waals surface area (Å²) in [5, 5.41) is 11.8. The number of hydrogen-bond donors (Lipinski definition) is 1. The van der Waals surface area contributed by atoms with Crippen molar-refractivity contribution >= 4 is 44.8 Å². The SMILES string of the molecule is Cc1cc[n+]([O-])cc1N1C(=O)c2c(Cl)ccc(NS(=O)(=O)c3ccc(C(C)(C)C)cc3)c2C1=O. The first-order chi connectivity index (χ1) is 15.8. The molecule has 0 saturated carbocycles. The third-order valence-electron chi connectivity index (χ3n) is 5.63. The van der Waals surface area contributed by atoms with Crippen molar-refractivity contribution < 1.29 is 22.7 Å². The van der Waals surface area contributed by atoms with E-state index in [0.717, 1.165) is 16.7 Å². The van der Waals surface area contributed by atoms with Crippen LogP contribution in [-0.4, -0.2) is 20.2 Å². The number of nitrogens with one attached hydrogen (secondary N) is 1. The number of carbonyl (C=O) groups is 2. The van der Waals surface area contributed by atoms with Crippen LogP contribution in [0.1, 0.15) is 52.6 Å². The molecule has 0 bridgehead atoms. The number of imide groups is 1. The van der Waals surface area contributed by atoms with Gasteiger partial charge >= 0.3 is 0 Å². The molecule has 1 N–H and O–H groups in total. The van der Waals surface area contributed by atoms with Gasteiger partial charge in [0.05, 0.1) is 26.7 Å². The zero-order valence-corrected chi connectivity index (χ0v) is 20.5. The van der Waals surface area contributed by atoms with Gasteiger partial charge in [-0.05, 0) is 47.7 Å². The molecule has 10 heteroatoms. The zero-order chi connectivity index (χ0) is 25.0. The summed E-state index contributed by atoms with van der Waals surface area (Å²) in [6.07, 6.45) is 2.35. The van der Waals surface area contributed by atoms with Crippen molar-refractivity contribution in [2.24, 2.45) is 0 Å². The molecule has 2 aromatic carbocycles. The molecule has 4 rings (SSSR count). The quantitative estimate of drug-likeness (QED) is 0.329. The van der Waals surface area contributed by atoms with Crippen LogP contribution in [0.25, 0.3) is 0 Å². The predicted octanol–water partition coefficient (Wildman–Crippen LogP) is 4.18. The average Bonchev–Trinajstić information content (AvgIpc) is 3.02. The Morgan fingerprint density at radius 3 is 2.21 bits per heavy atom. The van der Waals surface area contributed by atoms with Crippen LogP contribution in [0.4, 0.5) is 11.4 Å². The van der Waals surface area contributed by atoms with Gasteiger partial charge in [0.1, 0.15) is 5.69 Å². The van der Waals surface area contributed by atoms with Crippen molar-refractivity contribution in [3.05, 3.63) is 87.3 Å². The summed E-state index contributed by atoms with van der Waals surface area (Å²) in [6, 6.07) is 10.6. The number of aromatic nitrogens is 1. The molecule has 176 valence electrons. The smallest absolute Gasteiger partial charge is 0.268 e. The van der Waals surface area contributed by atoms with Gasteiger partial charge in [-0.25, -0.2) is 13.3 Å². The van der Waals surface area contributed by atoms with E-state index < -0.39 is 21.8 Å². The number of fused-ring (bicyclic) bond motifs is 1. The molecule has 0 atom stereocenters. The van der Waals surface area contributed by atoms with Crippen LogP contribution in [0.2, 0.25) is 5.02 Å². The molecule has 1 aliphatic rings. The Balaban J connectivity index is 1.76. The van der Waals surface area contributed by atoms with Gasteiger partial charge < -0.3 is 5.21 Å². The number of sulfonamides is 1. The van der Waals surface area contributed by atoms with Crippen molar-refractivity contribution in [2.75, 3.05) is 9.62 Å². The Hall–Kier alpha value is -3.43. The van der Waals surface area contributed by atoms with Crippen LogP contribution in [0.5, 0.6) is 0 Å². The van der Waals surface area contributed by atoms with E-state index in [1.807, 2.05) is 20.8 Å². The molecular formula is C24H22ClN3O5S. The molecule has 1 aliphatic heterocycles. The number of anilines is 2. The van der Waals surface area contributed by atoms with E-state index in [1.54, 1.807) is 19.1 Å². The number of halogens is 1. The maximum atomic E-state index is 13.3. The van der Waals surface area contributed by atoms with Gasteiger partial charge in [0.2, 0.25) is 6.20 Å². The molecule has 2 heterocycles. The lowest BCUT2D eigenvalue weighted by molar-refractivity contribution is -0.604. The number of benzene rings is 2. The number of hydrogen-bond acceptors (Lipinski definition) is 5. The summed E-state index contributed by atoms with van der Waals surface area (Å²) in [5.41, 5.74) is 1.03. The summed E-state index contributed by atoms with van der Waals surface area (Å²) < 4.78 is 29.1. The van der Waals surface area contributed by atoms with E-state index in [0.29, 0.717) is 10.3 Å². The Morgan fingerprint density at radius 1 is 0.971 bits per heavy atom. The largest absolute Gasteiger partial charge is 0.619 e. The van der Waals surface area contributed by atoms with Gasteiger partial charge in [0.15, 0.2) is 6.20 Å². The topological polar surface area (TPSA) is 110 Å². The minimum absolute atomic E-state index is 0.00286. The van der Waals surface area contributed by atoms with E-state index in [-0.39, 0.29) is 37.8 Å². The van der Waals surface area contributed by atoms with Crippen LogP contribution >= 0.6 is 11.6 Å². The fourth-order valence-electron chi connectivity index (χ4n) is 3.74. The molecule has 0 saturated heterocycles. The van der Waals surface area contributed by atoms with Crippen molar-refractivity contribution in [3.8, 4) is 0 Å². The molecule has 2 amide bonds. The van der Waals surface area contributed by atoms with Gasteiger partial charge in [-0.2, -0.15) is 4.73 Å². The highest BCUT2D eigenvalue weighted by Gasteiger charge is 2.42. The molecule has 0 spiro atoms. The lowest BCUT2D eigenvalue weighted by atomic mass is 9.87. The normalized spacial score (nSPS) is 13.9. The molecule has 0 unspecified atom stereocenters. The molecule has 1 aromatic heterocycles. The highest BCUT2D eigenvalue weighted by molar-refractivity contribution is 7.92. The number of aryl methyl sites for hydroxylation is 1. The number of pyridine rings is 1. The van der Waals surface area contributed by atoms with E-state index >= 15 is 0 Å². The Morgan fingerprint density at radius 2 is 1.59 bits per heavy atom.